The number of pyridine rings is 1. The lowest BCUT2D eigenvalue weighted by atomic mass is 9.90. The molecule has 0 aliphatic rings. The number of carbonyl (C=O) groups is 1. The SMILES string of the molecule is COCCC(C)(C)CNc1ccc(Cl)c(C(=O)O)n1. The molecule has 0 aromatic carbocycles. The molecule has 0 bridgehead atoms. The van der Waals surface area contributed by atoms with E-state index in [1.807, 2.05) is 0 Å². The highest BCUT2D eigenvalue weighted by Crippen LogP contribution is 2.22. The number of aromatic carboxylic acids is 1. The van der Waals surface area contributed by atoms with Gasteiger partial charge in [0.1, 0.15) is 5.82 Å². The van der Waals surface area contributed by atoms with Crippen LogP contribution in [0.2, 0.25) is 5.02 Å². The quantitative estimate of drug-likeness (QED) is 0.806. The van der Waals surface area contributed by atoms with Crippen molar-refractivity contribution in [1.29, 1.82) is 0 Å². The van der Waals surface area contributed by atoms with Crippen molar-refractivity contribution in [3.8, 4) is 0 Å². The van der Waals surface area contributed by atoms with Crippen molar-refractivity contribution in [3.63, 3.8) is 0 Å². The third-order valence-corrected chi connectivity index (χ3v) is 3.08. The fourth-order valence-corrected chi connectivity index (χ4v) is 1.67. The Kier molecular flexibility index (Phi) is 5.57. The fourth-order valence-electron chi connectivity index (χ4n) is 1.49. The summed E-state index contributed by atoms with van der Waals surface area (Å²) in [5, 5.41) is 12.2. The molecule has 106 valence electrons. The molecule has 0 saturated heterocycles. The van der Waals surface area contributed by atoms with Gasteiger partial charge >= 0.3 is 5.97 Å². The van der Waals surface area contributed by atoms with Crippen molar-refractivity contribution >= 4 is 23.4 Å². The van der Waals surface area contributed by atoms with E-state index in [9.17, 15) is 4.79 Å². The molecule has 1 aromatic rings. The standard InChI is InChI=1S/C13H19ClN2O3/c1-13(2,6-7-19-3)8-15-10-5-4-9(14)11(16-10)12(17)18/h4-5H,6-8H2,1-3H3,(H,15,16)(H,17,18). The number of halogens is 1. The van der Waals surface area contributed by atoms with Crippen molar-refractivity contribution in [2.75, 3.05) is 25.6 Å². The first-order valence-electron chi connectivity index (χ1n) is 5.98. The van der Waals surface area contributed by atoms with E-state index in [2.05, 4.69) is 24.1 Å². The minimum Gasteiger partial charge on any atom is -0.476 e. The number of hydrogen-bond donors (Lipinski definition) is 2. The number of nitrogens with zero attached hydrogens (tertiary/aromatic N) is 1. The van der Waals surface area contributed by atoms with Crippen molar-refractivity contribution in [2.45, 2.75) is 20.3 Å². The Morgan fingerprint density at radius 2 is 2.21 bits per heavy atom. The first-order valence-corrected chi connectivity index (χ1v) is 6.36. The first kappa shape index (κ1) is 15.7. The van der Waals surface area contributed by atoms with Crippen LogP contribution in [0.5, 0.6) is 0 Å². The molecule has 0 unspecified atom stereocenters. The number of methoxy groups -OCH3 is 1. The lowest BCUT2D eigenvalue weighted by molar-refractivity contribution is 0.0691. The van der Waals surface area contributed by atoms with Crippen LogP contribution < -0.4 is 5.32 Å². The molecule has 0 fully saturated rings. The van der Waals surface area contributed by atoms with Crippen LogP contribution in [0.4, 0.5) is 5.82 Å². The number of aromatic nitrogens is 1. The fraction of sp³-hybridized carbons (Fsp3) is 0.538. The van der Waals surface area contributed by atoms with Crippen molar-refractivity contribution in [2.24, 2.45) is 5.41 Å². The highest BCUT2D eigenvalue weighted by molar-refractivity contribution is 6.33. The second kappa shape index (κ2) is 6.73. The molecular weight excluding hydrogens is 268 g/mol. The minimum absolute atomic E-state index is 0.0285. The predicted molar refractivity (Wildman–Crippen MR) is 75.0 cm³/mol. The molecule has 6 heteroatoms. The van der Waals surface area contributed by atoms with Gasteiger partial charge in [0.05, 0.1) is 5.02 Å². The zero-order valence-electron chi connectivity index (χ0n) is 11.4. The summed E-state index contributed by atoms with van der Waals surface area (Å²) in [7, 11) is 1.67. The summed E-state index contributed by atoms with van der Waals surface area (Å²) in [6.07, 6.45) is 0.899. The number of carboxylic acid groups (broad SMARTS) is 1. The minimum atomic E-state index is -1.13. The number of nitrogens with one attached hydrogen (secondary N) is 1. The lowest BCUT2D eigenvalue weighted by Gasteiger charge is -2.24. The summed E-state index contributed by atoms with van der Waals surface area (Å²) in [6.45, 7) is 5.56. The van der Waals surface area contributed by atoms with E-state index in [0.29, 0.717) is 19.0 Å². The van der Waals surface area contributed by atoms with E-state index >= 15 is 0 Å². The van der Waals surface area contributed by atoms with Gasteiger partial charge in [0.25, 0.3) is 0 Å². The third-order valence-electron chi connectivity index (χ3n) is 2.78. The van der Waals surface area contributed by atoms with Gasteiger partial charge in [-0.2, -0.15) is 0 Å². The van der Waals surface area contributed by atoms with Crippen LogP contribution in [0.3, 0.4) is 0 Å². The topological polar surface area (TPSA) is 71.5 Å². The van der Waals surface area contributed by atoms with Crippen molar-refractivity contribution in [1.82, 2.24) is 4.98 Å². The van der Waals surface area contributed by atoms with Crippen LogP contribution in [0.25, 0.3) is 0 Å². The van der Waals surface area contributed by atoms with Gasteiger partial charge in [-0.1, -0.05) is 25.4 Å². The Morgan fingerprint density at radius 3 is 2.79 bits per heavy atom. The van der Waals surface area contributed by atoms with Gasteiger partial charge in [-0.05, 0) is 24.0 Å². The monoisotopic (exact) mass is 286 g/mol. The lowest BCUT2D eigenvalue weighted by Crippen LogP contribution is -2.25. The Morgan fingerprint density at radius 1 is 1.53 bits per heavy atom. The normalized spacial score (nSPS) is 11.4. The Labute approximate surface area is 117 Å². The number of carboxylic acids is 1. The molecule has 0 saturated carbocycles. The molecule has 0 aliphatic carbocycles. The summed E-state index contributed by atoms with van der Waals surface area (Å²) in [6, 6.07) is 3.20. The average molecular weight is 287 g/mol. The summed E-state index contributed by atoms with van der Waals surface area (Å²) >= 11 is 5.76. The number of ether oxygens (including phenoxy) is 1. The molecule has 1 rings (SSSR count). The second-order valence-corrected chi connectivity index (χ2v) is 5.50. The van der Waals surface area contributed by atoms with E-state index < -0.39 is 5.97 Å². The van der Waals surface area contributed by atoms with E-state index in [-0.39, 0.29) is 16.1 Å². The van der Waals surface area contributed by atoms with Gasteiger partial charge in [0, 0.05) is 20.3 Å². The Hall–Kier alpha value is -1.33. The molecule has 5 nitrogen and oxygen atoms in total. The van der Waals surface area contributed by atoms with Crippen LogP contribution in [-0.4, -0.2) is 36.3 Å². The Balaban J connectivity index is 2.68. The molecule has 0 radical (unpaired) electrons. The van der Waals surface area contributed by atoms with Gasteiger partial charge in [-0.25, -0.2) is 9.78 Å². The molecule has 0 spiro atoms. The summed E-state index contributed by atoms with van der Waals surface area (Å²) < 4.78 is 5.06. The molecule has 0 amide bonds. The molecule has 1 aromatic heterocycles. The zero-order chi connectivity index (χ0) is 14.5. The first-order chi connectivity index (χ1) is 8.85. The molecule has 19 heavy (non-hydrogen) atoms. The molecular formula is C13H19ClN2O3. The largest absolute Gasteiger partial charge is 0.476 e. The van der Waals surface area contributed by atoms with E-state index in [0.717, 1.165) is 6.42 Å². The molecule has 0 aliphatic heterocycles. The van der Waals surface area contributed by atoms with Crippen LogP contribution >= 0.6 is 11.6 Å². The van der Waals surface area contributed by atoms with Gasteiger partial charge in [0.2, 0.25) is 0 Å². The van der Waals surface area contributed by atoms with Gasteiger partial charge in [0.15, 0.2) is 5.69 Å². The van der Waals surface area contributed by atoms with E-state index in [1.54, 1.807) is 13.2 Å². The summed E-state index contributed by atoms with van der Waals surface area (Å²) in [4.78, 5) is 14.9. The molecule has 2 N–H and O–H groups in total. The number of anilines is 1. The number of hydrogen-bond acceptors (Lipinski definition) is 4. The van der Waals surface area contributed by atoms with Crippen molar-refractivity contribution < 1.29 is 14.6 Å². The van der Waals surface area contributed by atoms with Crippen LogP contribution in [0.1, 0.15) is 30.8 Å². The molecule has 1 heterocycles. The van der Waals surface area contributed by atoms with E-state index in [1.165, 1.54) is 6.07 Å². The third kappa shape index (κ3) is 5.04. The van der Waals surface area contributed by atoms with E-state index in [4.69, 9.17) is 21.4 Å². The maximum absolute atomic E-state index is 10.9. The predicted octanol–water partition coefficient (Wildman–Crippen LogP) is 2.91. The van der Waals surface area contributed by atoms with Gasteiger partial charge < -0.3 is 15.2 Å². The Bertz CT molecular complexity index is 450. The number of rotatable bonds is 7. The summed E-state index contributed by atoms with van der Waals surface area (Å²) in [5.41, 5.74) is -0.109. The highest BCUT2D eigenvalue weighted by atomic mass is 35.5. The van der Waals surface area contributed by atoms with Crippen LogP contribution in [0, 0.1) is 5.41 Å². The van der Waals surface area contributed by atoms with Crippen molar-refractivity contribution in [3.05, 3.63) is 22.8 Å². The van der Waals surface area contributed by atoms with Crippen LogP contribution in [-0.2, 0) is 4.74 Å². The van der Waals surface area contributed by atoms with Crippen LogP contribution in [0.15, 0.2) is 12.1 Å². The zero-order valence-corrected chi connectivity index (χ0v) is 12.1. The van der Waals surface area contributed by atoms with Gasteiger partial charge in [-0.15, -0.1) is 0 Å². The van der Waals surface area contributed by atoms with Gasteiger partial charge in [-0.3, -0.25) is 0 Å². The average Bonchev–Trinajstić information content (AvgIpc) is 2.35. The smallest absolute Gasteiger partial charge is 0.356 e. The maximum atomic E-state index is 10.9. The highest BCUT2D eigenvalue weighted by Gasteiger charge is 2.18. The molecule has 0 atom stereocenters. The summed E-state index contributed by atoms with van der Waals surface area (Å²) in [5.74, 6) is -0.625. The maximum Gasteiger partial charge on any atom is 0.356 e. The second-order valence-electron chi connectivity index (χ2n) is 5.09.